The highest BCUT2D eigenvalue weighted by molar-refractivity contribution is 6.22. The van der Waals surface area contributed by atoms with Gasteiger partial charge in [0.25, 0.3) is 0 Å². The van der Waals surface area contributed by atoms with Crippen molar-refractivity contribution in [3.8, 4) is 0 Å². The summed E-state index contributed by atoms with van der Waals surface area (Å²) in [5, 5.41) is -0.00935. The molecule has 0 unspecified atom stereocenters. The van der Waals surface area contributed by atoms with Crippen molar-refractivity contribution in [2.75, 3.05) is 0 Å². The Morgan fingerprint density at radius 3 is 2.36 bits per heavy atom. The first kappa shape index (κ1) is 9.20. The summed E-state index contributed by atoms with van der Waals surface area (Å²) in [4.78, 5) is 0. The van der Waals surface area contributed by atoms with Crippen molar-refractivity contribution < 1.29 is 9.47 Å². The molecule has 1 spiro atoms. The van der Waals surface area contributed by atoms with Crippen LogP contribution in [0.25, 0.3) is 0 Å². The van der Waals surface area contributed by atoms with E-state index in [2.05, 4.69) is 26.0 Å². The van der Waals surface area contributed by atoms with Gasteiger partial charge >= 0.3 is 0 Å². The van der Waals surface area contributed by atoms with Gasteiger partial charge in [0.15, 0.2) is 5.79 Å². The van der Waals surface area contributed by atoms with Crippen molar-refractivity contribution in [3.05, 3.63) is 12.2 Å². The molecule has 1 saturated heterocycles. The van der Waals surface area contributed by atoms with E-state index < -0.39 is 5.79 Å². The molecule has 3 rings (SSSR count). The van der Waals surface area contributed by atoms with Crippen LogP contribution >= 0.6 is 11.6 Å². The highest BCUT2D eigenvalue weighted by Gasteiger charge is 2.62. The molecule has 78 valence electrons. The Morgan fingerprint density at radius 1 is 1.21 bits per heavy atom. The van der Waals surface area contributed by atoms with Gasteiger partial charge in [-0.1, -0.05) is 12.2 Å². The summed E-state index contributed by atoms with van der Waals surface area (Å²) in [6.45, 7) is 4.11. The lowest BCUT2D eigenvalue weighted by atomic mass is 10.00. The summed E-state index contributed by atoms with van der Waals surface area (Å²) in [6.07, 6.45) is 5.81. The van der Waals surface area contributed by atoms with Crippen LogP contribution in [0.3, 0.4) is 0 Å². The number of halogens is 1. The largest absolute Gasteiger partial charge is 0.342 e. The molecule has 2 aliphatic carbocycles. The van der Waals surface area contributed by atoms with Crippen molar-refractivity contribution in [1.29, 1.82) is 0 Å². The van der Waals surface area contributed by atoms with E-state index in [1.807, 2.05) is 0 Å². The Morgan fingerprint density at radius 2 is 1.86 bits per heavy atom. The van der Waals surface area contributed by atoms with E-state index in [1.54, 1.807) is 0 Å². The van der Waals surface area contributed by atoms with E-state index in [1.165, 1.54) is 0 Å². The molecule has 3 aliphatic rings. The zero-order chi connectivity index (χ0) is 9.92. The molecule has 14 heavy (non-hydrogen) atoms. The summed E-state index contributed by atoms with van der Waals surface area (Å²) in [5.41, 5.74) is 0. The highest BCUT2D eigenvalue weighted by Crippen LogP contribution is 2.55. The average Bonchev–Trinajstić information content (AvgIpc) is 2.76. The van der Waals surface area contributed by atoms with Crippen molar-refractivity contribution in [1.82, 2.24) is 0 Å². The van der Waals surface area contributed by atoms with Gasteiger partial charge in [-0.3, -0.25) is 0 Å². The topological polar surface area (TPSA) is 18.5 Å². The van der Waals surface area contributed by atoms with Crippen LogP contribution in [0.4, 0.5) is 0 Å². The van der Waals surface area contributed by atoms with Crippen molar-refractivity contribution >= 4 is 11.6 Å². The molecule has 1 heterocycles. The lowest BCUT2D eigenvalue weighted by Gasteiger charge is -2.33. The van der Waals surface area contributed by atoms with Gasteiger partial charge in [0, 0.05) is 5.92 Å². The van der Waals surface area contributed by atoms with Gasteiger partial charge in [0.1, 0.15) is 0 Å². The molecule has 2 nitrogen and oxygen atoms in total. The zero-order valence-electron chi connectivity index (χ0n) is 8.44. The molecule has 0 aromatic carbocycles. The van der Waals surface area contributed by atoms with E-state index >= 15 is 0 Å². The fourth-order valence-corrected chi connectivity index (χ4v) is 3.30. The second kappa shape index (κ2) is 2.75. The Balaban J connectivity index is 1.95. The van der Waals surface area contributed by atoms with Crippen LogP contribution in [0.5, 0.6) is 0 Å². The molecule has 3 heteroatoms. The van der Waals surface area contributed by atoms with Gasteiger partial charge in [-0.2, -0.15) is 0 Å². The smallest absolute Gasteiger partial charge is 0.192 e. The minimum Gasteiger partial charge on any atom is -0.342 e. The summed E-state index contributed by atoms with van der Waals surface area (Å²) in [6, 6.07) is 0. The molecule has 2 fully saturated rings. The number of hydrogen-bond acceptors (Lipinski definition) is 2. The van der Waals surface area contributed by atoms with Crippen LogP contribution < -0.4 is 0 Å². The molecule has 2 bridgehead atoms. The Bertz CT molecular complexity index is 279. The van der Waals surface area contributed by atoms with Crippen molar-refractivity contribution in [2.45, 2.75) is 43.6 Å². The maximum atomic E-state index is 6.40. The lowest BCUT2D eigenvalue weighted by molar-refractivity contribution is -0.186. The molecular formula is C11H15ClO2. The maximum absolute atomic E-state index is 6.40. The van der Waals surface area contributed by atoms with Crippen LogP contribution in [0.1, 0.15) is 20.3 Å². The first-order valence-corrected chi connectivity index (χ1v) is 5.75. The van der Waals surface area contributed by atoms with E-state index in [0.29, 0.717) is 11.8 Å². The number of alkyl halides is 1. The molecule has 5 atom stereocenters. The van der Waals surface area contributed by atoms with Crippen LogP contribution in [0, 0.1) is 11.8 Å². The molecule has 1 aliphatic heterocycles. The van der Waals surface area contributed by atoms with Gasteiger partial charge in [-0.15, -0.1) is 11.6 Å². The second-order valence-corrected chi connectivity index (χ2v) is 5.13. The van der Waals surface area contributed by atoms with Gasteiger partial charge in [-0.25, -0.2) is 0 Å². The summed E-state index contributed by atoms with van der Waals surface area (Å²) < 4.78 is 11.9. The normalized spacial score (nSPS) is 53.5. The number of rotatable bonds is 0. The standard InChI is InChI=1S/C11H15ClO2/c1-6-7(2)14-11(13-6)9-4-3-8(5-9)10(11)12/h3-4,6-10H,5H2,1-2H3/t6-,7-,8-,9+,10-/m1/s1. The molecule has 1 saturated carbocycles. The number of hydrogen-bond donors (Lipinski definition) is 0. The summed E-state index contributed by atoms with van der Waals surface area (Å²) >= 11 is 6.40. The predicted octanol–water partition coefficient (Wildman–Crippen LogP) is 2.32. The monoisotopic (exact) mass is 214 g/mol. The zero-order valence-corrected chi connectivity index (χ0v) is 9.20. The van der Waals surface area contributed by atoms with E-state index in [9.17, 15) is 0 Å². The Labute approximate surface area is 89.2 Å². The summed E-state index contributed by atoms with van der Waals surface area (Å²) in [7, 11) is 0. The van der Waals surface area contributed by atoms with Gasteiger partial charge in [0.05, 0.1) is 17.6 Å². The fraction of sp³-hybridized carbons (Fsp3) is 0.818. The maximum Gasteiger partial charge on any atom is 0.192 e. The Hall–Kier alpha value is -0.0500. The summed E-state index contributed by atoms with van der Waals surface area (Å²) in [5.74, 6) is 0.293. The molecule has 0 radical (unpaired) electrons. The van der Waals surface area contributed by atoms with Gasteiger partial charge in [-0.05, 0) is 26.2 Å². The minimum absolute atomic E-state index is 0.00935. The number of allylic oxidation sites excluding steroid dienone is 1. The van der Waals surface area contributed by atoms with Crippen molar-refractivity contribution in [2.24, 2.45) is 11.8 Å². The van der Waals surface area contributed by atoms with Gasteiger partial charge < -0.3 is 9.47 Å². The van der Waals surface area contributed by atoms with Crippen molar-refractivity contribution in [3.63, 3.8) is 0 Å². The van der Waals surface area contributed by atoms with Crippen LogP contribution in [-0.4, -0.2) is 23.4 Å². The third-order valence-electron chi connectivity index (χ3n) is 3.80. The van der Waals surface area contributed by atoms with Crippen LogP contribution in [-0.2, 0) is 9.47 Å². The minimum atomic E-state index is -0.514. The molecule has 0 aromatic rings. The molecule has 0 amide bonds. The Kier molecular flexibility index (Phi) is 1.80. The number of fused-ring (bicyclic) bond motifs is 3. The third-order valence-corrected chi connectivity index (χ3v) is 4.42. The highest BCUT2D eigenvalue weighted by atomic mass is 35.5. The first-order chi connectivity index (χ1) is 6.63. The van der Waals surface area contributed by atoms with Crippen LogP contribution in [0.15, 0.2) is 12.2 Å². The predicted molar refractivity (Wildman–Crippen MR) is 54.2 cm³/mol. The van der Waals surface area contributed by atoms with E-state index in [-0.39, 0.29) is 17.6 Å². The van der Waals surface area contributed by atoms with E-state index in [4.69, 9.17) is 21.1 Å². The molecule has 0 aromatic heterocycles. The average molecular weight is 215 g/mol. The lowest BCUT2D eigenvalue weighted by Crippen LogP contribution is -2.44. The second-order valence-electron chi connectivity index (χ2n) is 4.66. The first-order valence-electron chi connectivity index (χ1n) is 5.31. The van der Waals surface area contributed by atoms with Crippen LogP contribution in [0.2, 0.25) is 0 Å². The quantitative estimate of drug-likeness (QED) is 0.455. The SMILES string of the molecule is C[C@H]1OC2(O[C@@H]1C)[C@H](Cl)[C@@H]1C=C[C@H]2C1. The number of ether oxygens (including phenoxy) is 2. The third kappa shape index (κ3) is 0.944. The molecule has 0 N–H and O–H groups in total. The van der Waals surface area contributed by atoms with E-state index in [0.717, 1.165) is 6.42 Å². The fourth-order valence-electron chi connectivity index (χ4n) is 2.85. The van der Waals surface area contributed by atoms with Gasteiger partial charge in [0.2, 0.25) is 0 Å². The molecular weight excluding hydrogens is 200 g/mol.